The first-order chi connectivity index (χ1) is 19.8. The van der Waals surface area contributed by atoms with E-state index in [4.69, 9.17) is 23.2 Å². The number of anilines is 1. The molecule has 1 amide bonds. The number of halogens is 3. The highest BCUT2D eigenvalue weighted by Gasteiger charge is 2.76. The van der Waals surface area contributed by atoms with Gasteiger partial charge in [0.05, 0.1) is 11.1 Å². The third-order valence-corrected chi connectivity index (χ3v) is 12.3. The Balaban J connectivity index is 1.36. The minimum absolute atomic E-state index is 0.0132. The molecule has 6 nitrogen and oxygen atoms in total. The summed E-state index contributed by atoms with van der Waals surface area (Å²) in [5, 5.41) is 6.94. The van der Waals surface area contributed by atoms with Crippen LogP contribution in [-0.2, 0) is 19.8 Å². The number of amides is 1. The Morgan fingerprint density at radius 1 is 1.07 bits per heavy atom. The summed E-state index contributed by atoms with van der Waals surface area (Å²) in [5.41, 5.74) is -1.14. The lowest BCUT2D eigenvalue weighted by molar-refractivity contribution is -0.138. The molecule has 8 rings (SSSR count). The summed E-state index contributed by atoms with van der Waals surface area (Å²) in [7, 11) is 0. The van der Waals surface area contributed by atoms with E-state index in [2.05, 4.69) is 29.5 Å². The largest absolute Gasteiger partial charge is 0.325 e. The van der Waals surface area contributed by atoms with Gasteiger partial charge in [0, 0.05) is 40.7 Å². The molecule has 2 aromatic rings. The number of hydrogen-bond donors (Lipinski definition) is 2. The molecule has 42 heavy (non-hydrogen) atoms. The fourth-order valence-electron chi connectivity index (χ4n) is 9.96. The summed E-state index contributed by atoms with van der Waals surface area (Å²) in [6.45, 7) is 5.99. The van der Waals surface area contributed by atoms with Gasteiger partial charge in [-0.1, -0.05) is 49.2 Å². The van der Waals surface area contributed by atoms with Crippen LogP contribution in [0.15, 0.2) is 30.5 Å². The zero-order valence-electron chi connectivity index (χ0n) is 24.2. The van der Waals surface area contributed by atoms with Gasteiger partial charge in [-0.2, -0.15) is 0 Å². The van der Waals surface area contributed by atoms with Gasteiger partial charge in [0.1, 0.15) is 22.2 Å². The third-order valence-electron chi connectivity index (χ3n) is 11.8. The molecule has 6 aliphatic rings. The van der Waals surface area contributed by atoms with Crippen molar-refractivity contribution in [3.63, 3.8) is 0 Å². The molecular weight excluding hydrogens is 576 g/mol. The number of hydrogen-bond acceptors (Lipinski definition) is 5. The predicted octanol–water partition coefficient (Wildman–Crippen LogP) is 6.92. The fraction of sp³-hybridized carbons (Fsp3) is 0.576. The molecule has 5 fully saturated rings. The number of ketones is 2. The number of rotatable bonds is 5. The number of nitrogens with one attached hydrogen (secondary N) is 2. The number of carbonyl (C=O) groups excluding carboxylic acids is 3. The molecule has 1 aromatic heterocycles. The van der Waals surface area contributed by atoms with Crippen LogP contribution in [0.5, 0.6) is 0 Å². The van der Waals surface area contributed by atoms with Crippen LogP contribution in [-0.4, -0.2) is 34.0 Å². The van der Waals surface area contributed by atoms with Crippen molar-refractivity contribution < 1.29 is 18.8 Å². The second-order valence-corrected chi connectivity index (χ2v) is 15.4. The molecule has 4 aliphatic carbocycles. The van der Waals surface area contributed by atoms with Crippen LogP contribution in [0.1, 0.15) is 95.6 Å². The van der Waals surface area contributed by atoms with Gasteiger partial charge in [-0.05, 0) is 86.8 Å². The van der Waals surface area contributed by atoms with E-state index in [-0.39, 0.29) is 49.5 Å². The quantitative estimate of drug-likeness (QED) is 0.358. The SMILES string of the molecule is CC(=O)C12CCC(CC(=O)[C@@H]3NC4(CC(C)(C)C4)[C@@]4(C(=O)Nc5cc(Cl)ncc54)[C@H]3c3cccc(Cl)c3F)(CC1)CC2. The van der Waals surface area contributed by atoms with Crippen LogP contribution in [0.3, 0.4) is 0 Å². The molecule has 0 unspecified atom stereocenters. The first kappa shape index (κ1) is 28.4. The maximum atomic E-state index is 16.1. The van der Waals surface area contributed by atoms with Gasteiger partial charge in [0.2, 0.25) is 5.91 Å². The van der Waals surface area contributed by atoms with Crippen molar-refractivity contribution in [2.45, 2.75) is 101 Å². The van der Waals surface area contributed by atoms with E-state index in [1.54, 1.807) is 31.3 Å². The lowest BCUT2D eigenvalue weighted by Crippen LogP contribution is -2.68. The molecule has 4 saturated carbocycles. The predicted molar refractivity (Wildman–Crippen MR) is 159 cm³/mol. The van der Waals surface area contributed by atoms with E-state index in [1.807, 2.05) is 0 Å². The Morgan fingerprint density at radius 3 is 2.36 bits per heavy atom. The summed E-state index contributed by atoms with van der Waals surface area (Å²) >= 11 is 12.6. The molecule has 2 N–H and O–H groups in total. The zero-order valence-corrected chi connectivity index (χ0v) is 25.7. The molecule has 3 heterocycles. The van der Waals surface area contributed by atoms with Crippen molar-refractivity contribution in [2.24, 2.45) is 16.2 Å². The van der Waals surface area contributed by atoms with Gasteiger partial charge < -0.3 is 5.32 Å². The van der Waals surface area contributed by atoms with Crippen molar-refractivity contribution in [3.8, 4) is 0 Å². The third kappa shape index (κ3) is 3.72. The Kier molecular flexibility index (Phi) is 6.15. The van der Waals surface area contributed by atoms with E-state index in [1.165, 1.54) is 6.07 Å². The number of benzene rings is 1. The molecule has 3 atom stereocenters. The van der Waals surface area contributed by atoms with Gasteiger partial charge in [-0.25, -0.2) is 9.37 Å². The number of nitrogens with zero attached hydrogens (tertiary/aromatic N) is 1. The standard InChI is InChI=1S/C33H36Cl2FN3O3/c1-18(40)31-10-7-30(8-11-31,9-12-31)14-23(41)27-25(19-5-4-6-21(34)26(19)36)33(32(39-27)16-29(2,3)17-32)20-15-37-24(35)13-22(20)38-28(33)42/h4-6,13,15,25,27,39H,7-12,14,16-17H2,1-3H3,(H,38,42)/t25-,27-,30?,31?,33+/m0/s1. The number of carbonyl (C=O) groups is 3. The average Bonchev–Trinajstić information content (AvgIpc) is 3.38. The maximum absolute atomic E-state index is 16.1. The summed E-state index contributed by atoms with van der Waals surface area (Å²) in [5.74, 6) is -1.48. The second kappa shape index (κ2) is 9.09. The van der Waals surface area contributed by atoms with Crippen molar-refractivity contribution in [3.05, 3.63) is 57.6 Å². The van der Waals surface area contributed by atoms with E-state index in [0.717, 1.165) is 38.5 Å². The Hall–Kier alpha value is -2.35. The number of aromatic nitrogens is 1. The molecule has 2 bridgehead atoms. The van der Waals surface area contributed by atoms with E-state index in [0.29, 0.717) is 30.5 Å². The van der Waals surface area contributed by atoms with Crippen molar-refractivity contribution >= 4 is 46.4 Å². The minimum Gasteiger partial charge on any atom is -0.325 e. The topological polar surface area (TPSA) is 88.2 Å². The normalized spacial score (nSPS) is 35.2. The average molecular weight is 613 g/mol. The van der Waals surface area contributed by atoms with E-state index < -0.39 is 28.7 Å². The number of pyridine rings is 1. The van der Waals surface area contributed by atoms with Gasteiger partial charge in [-0.3, -0.25) is 19.7 Å². The molecule has 2 aliphatic heterocycles. The number of Topliss-reactive ketones (excluding diaryl/α,β-unsaturated/α-hetero) is 2. The zero-order chi connectivity index (χ0) is 29.9. The van der Waals surface area contributed by atoms with Gasteiger partial charge in [0.15, 0.2) is 5.78 Å². The monoisotopic (exact) mass is 611 g/mol. The van der Waals surface area contributed by atoms with Crippen LogP contribution in [0.2, 0.25) is 10.2 Å². The first-order valence-corrected chi connectivity index (χ1v) is 15.8. The summed E-state index contributed by atoms with van der Waals surface area (Å²) in [6, 6.07) is 5.65. The Labute approximate surface area is 255 Å². The highest BCUT2D eigenvalue weighted by Crippen LogP contribution is 2.69. The fourth-order valence-corrected chi connectivity index (χ4v) is 10.3. The second-order valence-electron chi connectivity index (χ2n) is 14.6. The van der Waals surface area contributed by atoms with Crippen LogP contribution in [0.4, 0.5) is 10.1 Å². The number of fused-ring (bicyclic) bond motifs is 6. The summed E-state index contributed by atoms with van der Waals surface area (Å²) < 4.78 is 16.1. The summed E-state index contributed by atoms with van der Waals surface area (Å²) in [4.78, 5) is 45.9. The summed E-state index contributed by atoms with van der Waals surface area (Å²) in [6.07, 6.45) is 8.13. The molecule has 9 heteroatoms. The molecule has 2 spiro atoms. The van der Waals surface area contributed by atoms with E-state index >= 15 is 4.39 Å². The molecule has 222 valence electrons. The molecular formula is C33H36Cl2FN3O3. The van der Waals surface area contributed by atoms with Crippen molar-refractivity contribution in [2.75, 3.05) is 5.32 Å². The Bertz CT molecular complexity index is 1520. The molecule has 1 aromatic carbocycles. The van der Waals surface area contributed by atoms with Crippen LogP contribution >= 0.6 is 23.2 Å². The lowest BCUT2D eigenvalue weighted by atomic mass is 9.46. The van der Waals surface area contributed by atoms with Crippen LogP contribution in [0, 0.1) is 22.1 Å². The highest BCUT2D eigenvalue weighted by molar-refractivity contribution is 6.31. The minimum atomic E-state index is -1.29. The van der Waals surface area contributed by atoms with Gasteiger partial charge in [-0.15, -0.1) is 0 Å². The van der Waals surface area contributed by atoms with Crippen molar-refractivity contribution in [1.82, 2.24) is 10.3 Å². The van der Waals surface area contributed by atoms with E-state index in [9.17, 15) is 14.4 Å². The van der Waals surface area contributed by atoms with Crippen LogP contribution in [0.25, 0.3) is 0 Å². The van der Waals surface area contributed by atoms with Crippen LogP contribution < -0.4 is 10.6 Å². The first-order valence-electron chi connectivity index (χ1n) is 15.0. The Morgan fingerprint density at radius 2 is 1.74 bits per heavy atom. The smallest absolute Gasteiger partial charge is 0.237 e. The maximum Gasteiger partial charge on any atom is 0.237 e. The van der Waals surface area contributed by atoms with Crippen molar-refractivity contribution in [1.29, 1.82) is 0 Å². The van der Waals surface area contributed by atoms with Gasteiger partial charge in [0.25, 0.3) is 0 Å². The highest BCUT2D eigenvalue weighted by atomic mass is 35.5. The lowest BCUT2D eigenvalue weighted by Gasteiger charge is -2.58. The molecule has 0 radical (unpaired) electrons. The van der Waals surface area contributed by atoms with Gasteiger partial charge >= 0.3 is 0 Å². The molecule has 1 saturated heterocycles.